The second-order valence-corrected chi connectivity index (χ2v) is 5.15. The highest BCUT2D eigenvalue weighted by atomic mass is 32.2. The van der Waals surface area contributed by atoms with E-state index in [1.165, 1.54) is 31.4 Å². The first kappa shape index (κ1) is 11.0. The van der Waals surface area contributed by atoms with Crippen LogP contribution in [-0.2, 0) is 0 Å². The van der Waals surface area contributed by atoms with Gasteiger partial charge in [-0.3, -0.25) is 0 Å². The van der Waals surface area contributed by atoms with Crippen molar-refractivity contribution in [2.75, 3.05) is 6.54 Å². The molecule has 0 unspecified atom stereocenters. The Labute approximate surface area is 94.8 Å². The average Bonchev–Trinajstić information content (AvgIpc) is 2.25. The van der Waals surface area contributed by atoms with E-state index in [0.717, 1.165) is 11.4 Å². The molecule has 0 N–H and O–H groups in total. The van der Waals surface area contributed by atoms with Gasteiger partial charge < -0.3 is 0 Å². The van der Waals surface area contributed by atoms with E-state index in [1.54, 1.807) is 11.9 Å². The van der Waals surface area contributed by atoms with Crippen LogP contribution in [0.25, 0.3) is 0 Å². The van der Waals surface area contributed by atoms with Crippen molar-refractivity contribution in [3.63, 3.8) is 0 Å². The van der Waals surface area contributed by atoms with Gasteiger partial charge in [0.1, 0.15) is 5.82 Å². The maximum Gasteiger partial charge on any atom is 0.123 e. The summed E-state index contributed by atoms with van der Waals surface area (Å²) in [6, 6.07) is 7.38. The van der Waals surface area contributed by atoms with E-state index in [0.29, 0.717) is 6.04 Å². The summed E-state index contributed by atoms with van der Waals surface area (Å²) in [6.45, 7) is 3.40. The van der Waals surface area contributed by atoms with Gasteiger partial charge in [-0.05, 0) is 56.0 Å². The van der Waals surface area contributed by atoms with Crippen LogP contribution < -0.4 is 0 Å². The first-order chi connectivity index (χ1) is 7.25. The number of rotatable bonds is 2. The summed E-state index contributed by atoms with van der Waals surface area (Å²) in [5.74, 6) is -0.161. The lowest BCUT2D eigenvalue weighted by Gasteiger charge is -2.31. The van der Waals surface area contributed by atoms with E-state index in [4.69, 9.17) is 0 Å². The van der Waals surface area contributed by atoms with Crippen LogP contribution in [0.15, 0.2) is 29.2 Å². The molecule has 1 nitrogen and oxygen atoms in total. The SMILES string of the molecule is C[C@@H]1CCCCN1Sc1ccc(F)cc1. The van der Waals surface area contributed by atoms with Gasteiger partial charge in [0.15, 0.2) is 0 Å². The van der Waals surface area contributed by atoms with E-state index >= 15 is 0 Å². The third kappa shape index (κ3) is 2.95. The van der Waals surface area contributed by atoms with Gasteiger partial charge in [-0.15, -0.1) is 0 Å². The number of piperidine rings is 1. The molecule has 0 radical (unpaired) electrons. The molecule has 1 aromatic rings. The molecule has 1 aliphatic heterocycles. The molecule has 0 aliphatic carbocycles. The number of halogens is 1. The lowest BCUT2D eigenvalue weighted by Crippen LogP contribution is -2.31. The first-order valence-corrected chi connectivity index (χ1v) is 6.23. The minimum absolute atomic E-state index is 0.161. The Morgan fingerprint density at radius 2 is 2.00 bits per heavy atom. The third-order valence-electron chi connectivity index (χ3n) is 2.78. The molecule has 1 saturated heterocycles. The molecule has 0 saturated carbocycles. The van der Waals surface area contributed by atoms with Crippen LogP contribution in [0.5, 0.6) is 0 Å². The Hall–Kier alpha value is -0.540. The number of benzene rings is 1. The van der Waals surface area contributed by atoms with Gasteiger partial charge in [-0.2, -0.15) is 0 Å². The maximum atomic E-state index is 12.7. The molecule has 0 amide bonds. The van der Waals surface area contributed by atoms with Crippen molar-refractivity contribution in [3.8, 4) is 0 Å². The quantitative estimate of drug-likeness (QED) is 0.706. The Morgan fingerprint density at radius 1 is 1.27 bits per heavy atom. The van der Waals surface area contributed by atoms with Crippen molar-refractivity contribution in [2.45, 2.75) is 37.1 Å². The van der Waals surface area contributed by atoms with E-state index in [1.807, 2.05) is 12.1 Å². The lowest BCUT2D eigenvalue weighted by molar-refractivity contribution is 0.292. The number of hydrogen-bond acceptors (Lipinski definition) is 2. The fourth-order valence-corrected chi connectivity index (χ4v) is 2.87. The molecule has 1 atom stereocenters. The van der Waals surface area contributed by atoms with Gasteiger partial charge in [0.2, 0.25) is 0 Å². The Morgan fingerprint density at radius 3 is 2.67 bits per heavy atom. The summed E-state index contributed by atoms with van der Waals surface area (Å²) in [6.07, 6.45) is 3.88. The minimum Gasteiger partial charge on any atom is -0.244 e. The van der Waals surface area contributed by atoms with Gasteiger partial charge in [0, 0.05) is 17.5 Å². The molecule has 1 aliphatic rings. The molecule has 3 heteroatoms. The van der Waals surface area contributed by atoms with E-state index in [2.05, 4.69) is 11.2 Å². The fraction of sp³-hybridized carbons (Fsp3) is 0.500. The van der Waals surface area contributed by atoms with Crippen molar-refractivity contribution in [1.29, 1.82) is 0 Å². The highest BCUT2D eigenvalue weighted by molar-refractivity contribution is 7.97. The van der Waals surface area contributed by atoms with Crippen LogP contribution in [0.4, 0.5) is 4.39 Å². The summed E-state index contributed by atoms with van der Waals surface area (Å²) >= 11 is 1.75. The molecule has 15 heavy (non-hydrogen) atoms. The summed E-state index contributed by atoms with van der Waals surface area (Å²) in [5.41, 5.74) is 0. The molecule has 1 heterocycles. The molecule has 1 fully saturated rings. The molecular formula is C12H16FNS. The normalized spacial score (nSPS) is 22.9. The lowest BCUT2D eigenvalue weighted by atomic mass is 10.1. The monoisotopic (exact) mass is 225 g/mol. The summed E-state index contributed by atoms with van der Waals surface area (Å²) in [7, 11) is 0. The molecule has 0 spiro atoms. The van der Waals surface area contributed by atoms with Crippen molar-refractivity contribution in [1.82, 2.24) is 4.31 Å². The standard InChI is InChI=1S/C12H16FNS/c1-10-4-2-3-9-14(10)15-12-7-5-11(13)6-8-12/h5-8,10H,2-4,9H2,1H3/t10-/m1/s1. The zero-order chi connectivity index (χ0) is 10.7. The van der Waals surface area contributed by atoms with Gasteiger partial charge in [0.05, 0.1) is 0 Å². The smallest absolute Gasteiger partial charge is 0.123 e. The van der Waals surface area contributed by atoms with E-state index < -0.39 is 0 Å². The van der Waals surface area contributed by atoms with Crippen molar-refractivity contribution >= 4 is 11.9 Å². The summed E-state index contributed by atoms with van der Waals surface area (Å²) < 4.78 is 15.1. The highest BCUT2D eigenvalue weighted by Gasteiger charge is 2.18. The third-order valence-corrected chi connectivity index (χ3v) is 4.04. The van der Waals surface area contributed by atoms with Crippen LogP contribution in [-0.4, -0.2) is 16.9 Å². The minimum atomic E-state index is -0.161. The highest BCUT2D eigenvalue weighted by Crippen LogP contribution is 2.29. The van der Waals surface area contributed by atoms with Crippen molar-refractivity contribution in [3.05, 3.63) is 30.1 Å². The Kier molecular flexibility index (Phi) is 3.65. The topological polar surface area (TPSA) is 3.24 Å². The zero-order valence-corrected chi connectivity index (χ0v) is 9.77. The molecule has 82 valence electrons. The first-order valence-electron chi connectivity index (χ1n) is 5.46. The van der Waals surface area contributed by atoms with Crippen molar-refractivity contribution in [2.24, 2.45) is 0 Å². The van der Waals surface area contributed by atoms with Crippen LogP contribution in [0.3, 0.4) is 0 Å². The summed E-state index contributed by atoms with van der Waals surface area (Å²) in [4.78, 5) is 1.13. The predicted octanol–water partition coefficient (Wildman–Crippen LogP) is 3.71. The van der Waals surface area contributed by atoms with Crippen LogP contribution in [0.1, 0.15) is 26.2 Å². The molecular weight excluding hydrogens is 209 g/mol. The Balaban J connectivity index is 1.98. The second-order valence-electron chi connectivity index (χ2n) is 4.03. The zero-order valence-electron chi connectivity index (χ0n) is 8.95. The van der Waals surface area contributed by atoms with Crippen molar-refractivity contribution < 1.29 is 4.39 Å². The number of hydrogen-bond donors (Lipinski definition) is 0. The van der Waals surface area contributed by atoms with E-state index in [-0.39, 0.29) is 5.82 Å². The Bertz CT molecular complexity index is 312. The second kappa shape index (κ2) is 4.99. The summed E-state index contributed by atoms with van der Waals surface area (Å²) in [5, 5.41) is 0. The van der Waals surface area contributed by atoms with Gasteiger partial charge in [-0.25, -0.2) is 8.70 Å². The number of nitrogens with zero attached hydrogens (tertiary/aromatic N) is 1. The van der Waals surface area contributed by atoms with Gasteiger partial charge in [-0.1, -0.05) is 6.42 Å². The largest absolute Gasteiger partial charge is 0.244 e. The van der Waals surface area contributed by atoms with Gasteiger partial charge >= 0.3 is 0 Å². The van der Waals surface area contributed by atoms with Crippen LogP contribution in [0, 0.1) is 5.82 Å². The average molecular weight is 225 g/mol. The predicted molar refractivity (Wildman–Crippen MR) is 62.3 cm³/mol. The van der Waals surface area contributed by atoms with Crippen LogP contribution >= 0.6 is 11.9 Å². The fourth-order valence-electron chi connectivity index (χ4n) is 1.84. The maximum absolute atomic E-state index is 12.7. The van der Waals surface area contributed by atoms with Gasteiger partial charge in [0.25, 0.3) is 0 Å². The van der Waals surface area contributed by atoms with Crippen LogP contribution in [0.2, 0.25) is 0 Å². The molecule has 0 bridgehead atoms. The molecule has 1 aromatic carbocycles. The van der Waals surface area contributed by atoms with E-state index in [9.17, 15) is 4.39 Å². The molecule has 2 rings (SSSR count). The molecule has 0 aromatic heterocycles.